The van der Waals surface area contributed by atoms with Gasteiger partial charge in [0.15, 0.2) is 0 Å². The van der Waals surface area contributed by atoms with Gasteiger partial charge in [-0.2, -0.15) is 4.39 Å². The summed E-state index contributed by atoms with van der Waals surface area (Å²) in [5.74, 6) is -2.02. The van der Waals surface area contributed by atoms with Crippen LogP contribution in [-0.2, 0) is 10.1 Å². The van der Waals surface area contributed by atoms with Gasteiger partial charge in [-0.1, -0.05) is 15.9 Å². The van der Waals surface area contributed by atoms with E-state index in [0.717, 1.165) is 13.2 Å². The van der Waals surface area contributed by atoms with Crippen molar-refractivity contribution in [1.82, 2.24) is 4.98 Å². The highest BCUT2D eigenvalue weighted by Crippen LogP contribution is 2.26. The molecule has 16 heavy (non-hydrogen) atoms. The number of pyridine rings is 1. The van der Waals surface area contributed by atoms with Gasteiger partial charge >= 0.3 is 5.97 Å². The van der Waals surface area contributed by atoms with Crippen molar-refractivity contribution in [1.29, 1.82) is 0 Å². The molecule has 0 saturated carbocycles. The second kappa shape index (κ2) is 5.29. The number of hydrogen-bond acceptors (Lipinski definition) is 3. The largest absolute Gasteiger partial charge is 0.465 e. The number of rotatable bonds is 3. The Kier molecular flexibility index (Phi) is 4.28. The fourth-order valence-corrected chi connectivity index (χ4v) is 1.76. The molecule has 0 aliphatic heterocycles. The van der Waals surface area contributed by atoms with Crippen LogP contribution in [0.1, 0.15) is 28.0 Å². The normalized spacial score (nSPS) is 10.6. The average Bonchev–Trinajstić information content (AvgIpc) is 2.26. The summed E-state index contributed by atoms with van der Waals surface area (Å²) < 4.78 is 42.4. The number of carbonyl (C=O) groups excluding carboxylic acids is 1. The van der Waals surface area contributed by atoms with E-state index in [-0.39, 0.29) is 16.5 Å². The monoisotopic (exact) mass is 297 g/mol. The molecule has 0 N–H and O–H groups in total. The van der Waals surface area contributed by atoms with Crippen molar-refractivity contribution in [3.05, 3.63) is 28.8 Å². The number of aromatic nitrogens is 1. The first-order chi connectivity index (χ1) is 7.51. The number of methoxy groups -OCH3 is 1. The second-order valence-corrected chi connectivity index (χ2v) is 3.34. The predicted molar refractivity (Wildman–Crippen MR) is 53.1 cm³/mol. The first kappa shape index (κ1) is 13.0. The Morgan fingerprint density at radius 1 is 1.62 bits per heavy atom. The number of carbonyl (C=O) groups is 1. The molecule has 0 saturated heterocycles. The van der Waals surface area contributed by atoms with E-state index in [1.54, 1.807) is 0 Å². The molecule has 7 heteroatoms. The van der Waals surface area contributed by atoms with E-state index >= 15 is 0 Å². The summed E-state index contributed by atoms with van der Waals surface area (Å²) in [6, 6.07) is 0.772. The topological polar surface area (TPSA) is 39.2 Å². The van der Waals surface area contributed by atoms with Crippen LogP contribution in [0.25, 0.3) is 0 Å². The first-order valence-corrected chi connectivity index (χ1v) is 5.25. The average molecular weight is 298 g/mol. The summed E-state index contributed by atoms with van der Waals surface area (Å²) in [6.07, 6.45) is -2.95. The molecule has 1 heterocycles. The highest BCUT2D eigenvalue weighted by atomic mass is 79.9. The number of nitrogens with zero attached hydrogens (tertiary/aromatic N) is 1. The smallest absolute Gasteiger partial charge is 0.338 e. The standard InChI is InChI=1S/C9H7BrF3NO2/c1-16-9(15)4-2-6(11)14-7(8(12)13)5(4)3-10/h2,8H,3H2,1H3. The molecule has 0 aromatic carbocycles. The maximum absolute atomic E-state index is 12.9. The van der Waals surface area contributed by atoms with Crippen LogP contribution in [0.3, 0.4) is 0 Å². The Bertz CT molecular complexity index is 412. The summed E-state index contributed by atoms with van der Waals surface area (Å²) in [5.41, 5.74) is -1.07. The zero-order valence-corrected chi connectivity index (χ0v) is 9.72. The van der Waals surface area contributed by atoms with Crippen molar-refractivity contribution >= 4 is 21.9 Å². The third-order valence-electron chi connectivity index (χ3n) is 1.87. The maximum Gasteiger partial charge on any atom is 0.338 e. The van der Waals surface area contributed by atoms with Gasteiger partial charge in [-0.15, -0.1) is 0 Å². The fraction of sp³-hybridized carbons (Fsp3) is 0.333. The summed E-state index contributed by atoms with van der Waals surface area (Å²) in [7, 11) is 1.08. The Hall–Kier alpha value is -1.11. The van der Waals surface area contributed by atoms with Crippen molar-refractivity contribution in [3.8, 4) is 0 Å². The minimum Gasteiger partial charge on any atom is -0.465 e. The van der Waals surface area contributed by atoms with E-state index in [2.05, 4.69) is 25.7 Å². The van der Waals surface area contributed by atoms with E-state index in [0.29, 0.717) is 0 Å². The van der Waals surface area contributed by atoms with Gasteiger partial charge in [0.25, 0.3) is 6.43 Å². The molecule has 0 fully saturated rings. The number of esters is 1. The molecule has 0 radical (unpaired) electrons. The number of ether oxygens (including phenoxy) is 1. The van der Waals surface area contributed by atoms with Gasteiger partial charge in [0.2, 0.25) is 5.95 Å². The summed E-state index contributed by atoms with van der Waals surface area (Å²) >= 11 is 2.95. The lowest BCUT2D eigenvalue weighted by Gasteiger charge is -2.10. The lowest BCUT2D eigenvalue weighted by Crippen LogP contribution is -2.11. The van der Waals surface area contributed by atoms with E-state index in [1.165, 1.54) is 0 Å². The van der Waals surface area contributed by atoms with Crippen molar-refractivity contribution in [3.63, 3.8) is 0 Å². The van der Waals surface area contributed by atoms with E-state index < -0.39 is 24.0 Å². The van der Waals surface area contributed by atoms with E-state index in [4.69, 9.17) is 0 Å². The van der Waals surface area contributed by atoms with Crippen molar-refractivity contribution in [2.45, 2.75) is 11.8 Å². The quantitative estimate of drug-likeness (QED) is 0.489. The number of hydrogen-bond donors (Lipinski definition) is 0. The Morgan fingerprint density at radius 3 is 2.69 bits per heavy atom. The van der Waals surface area contributed by atoms with Crippen LogP contribution in [0.5, 0.6) is 0 Å². The van der Waals surface area contributed by atoms with Crippen molar-refractivity contribution < 1.29 is 22.7 Å². The molecule has 88 valence electrons. The predicted octanol–water partition coefficient (Wildman–Crippen LogP) is 2.84. The molecule has 0 aliphatic rings. The first-order valence-electron chi connectivity index (χ1n) is 4.13. The summed E-state index contributed by atoms with van der Waals surface area (Å²) in [4.78, 5) is 14.3. The molecule has 0 unspecified atom stereocenters. The number of halogens is 4. The molecule has 1 rings (SSSR count). The zero-order valence-electron chi connectivity index (χ0n) is 8.14. The molecule has 1 aromatic rings. The van der Waals surface area contributed by atoms with Crippen LogP contribution < -0.4 is 0 Å². The summed E-state index contributed by atoms with van der Waals surface area (Å²) in [6.45, 7) is 0. The third-order valence-corrected chi connectivity index (χ3v) is 2.43. The Morgan fingerprint density at radius 2 is 2.25 bits per heavy atom. The van der Waals surface area contributed by atoms with Crippen LogP contribution >= 0.6 is 15.9 Å². The highest BCUT2D eigenvalue weighted by Gasteiger charge is 2.23. The van der Waals surface area contributed by atoms with Gasteiger partial charge < -0.3 is 4.74 Å². The van der Waals surface area contributed by atoms with Gasteiger partial charge in [-0.3, -0.25) is 0 Å². The van der Waals surface area contributed by atoms with Gasteiger partial charge in [0.05, 0.1) is 12.7 Å². The lowest BCUT2D eigenvalue weighted by molar-refractivity contribution is 0.0598. The van der Waals surface area contributed by atoms with E-state index in [1.807, 2.05) is 0 Å². The third kappa shape index (κ3) is 2.52. The Balaban J connectivity index is 3.41. The minimum atomic E-state index is -2.95. The SMILES string of the molecule is COC(=O)c1cc(F)nc(C(F)F)c1CBr. The molecule has 1 aromatic heterocycles. The summed E-state index contributed by atoms with van der Waals surface area (Å²) in [5, 5.41) is -0.0373. The van der Waals surface area contributed by atoms with Crippen LogP contribution in [0.15, 0.2) is 6.07 Å². The molecule has 0 atom stereocenters. The molecular weight excluding hydrogens is 291 g/mol. The van der Waals surface area contributed by atoms with Crippen LogP contribution in [0.2, 0.25) is 0 Å². The molecule has 3 nitrogen and oxygen atoms in total. The van der Waals surface area contributed by atoms with Gasteiger partial charge in [0, 0.05) is 17.0 Å². The minimum absolute atomic E-state index is 0.0373. The molecule has 0 aliphatic carbocycles. The van der Waals surface area contributed by atoms with Crippen LogP contribution in [0, 0.1) is 5.95 Å². The van der Waals surface area contributed by atoms with Gasteiger partial charge in [-0.25, -0.2) is 18.6 Å². The molecular formula is C9H7BrF3NO2. The Labute approximate surface area is 97.8 Å². The maximum atomic E-state index is 12.9. The highest BCUT2D eigenvalue weighted by molar-refractivity contribution is 9.08. The fourth-order valence-electron chi connectivity index (χ4n) is 1.17. The molecule has 0 bridgehead atoms. The molecule has 0 amide bonds. The van der Waals surface area contributed by atoms with Gasteiger partial charge in [-0.05, 0) is 0 Å². The molecule has 0 spiro atoms. The van der Waals surface area contributed by atoms with E-state index in [9.17, 15) is 18.0 Å². The van der Waals surface area contributed by atoms with Crippen molar-refractivity contribution in [2.75, 3.05) is 7.11 Å². The number of alkyl halides is 3. The van der Waals surface area contributed by atoms with Gasteiger partial charge in [0.1, 0.15) is 5.69 Å². The second-order valence-electron chi connectivity index (χ2n) is 2.78. The van der Waals surface area contributed by atoms with Crippen molar-refractivity contribution in [2.24, 2.45) is 0 Å². The zero-order chi connectivity index (χ0) is 12.3. The lowest BCUT2D eigenvalue weighted by atomic mass is 10.1. The van der Waals surface area contributed by atoms with Crippen LogP contribution in [-0.4, -0.2) is 18.1 Å². The van der Waals surface area contributed by atoms with Crippen LogP contribution in [0.4, 0.5) is 13.2 Å².